The van der Waals surface area contributed by atoms with Gasteiger partial charge < -0.3 is 20.4 Å². The quantitative estimate of drug-likeness (QED) is 0.367. The first-order chi connectivity index (χ1) is 13.2. The van der Waals surface area contributed by atoms with E-state index in [9.17, 15) is 0 Å². The fourth-order valence-electron chi connectivity index (χ4n) is 3.23. The number of aromatic nitrogens is 1. The fraction of sp³-hybridized carbons (Fsp3) is 0.429. The molecule has 0 aliphatic carbocycles. The van der Waals surface area contributed by atoms with E-state index >= 15 is 0 Å². The van der Waals surface area contributed by atoms with Crippen LogP contribution in [0.25, 0.3) is 0 Å². The lowest BCUT2D eigenvalue weighted by atomic mass is 10.2. The van der Waals surface area contributed by atoms with Crippen LogP contribution in [-0.2, 0) is 6.54 Å². The number of pyridine rings is 1. The summed E-state index contributed by atoms with van der Waals surface area (Å²) in [6.45, 7) is 5.54. The Morgan fingerprint density at radius 3 is 2.68 bits per heavy atom. The second kappa shape index (κ2) is 11.1. The van der Waals surface area contributed by atoms with Crippen molar-refractivity contribution in [1.82, 2.24) is 15.6 Å². The van der Waals surface area contributed by atoms with Gasteiger partial charge >= 0.3 is 0 Å². The highest BCUT2D eigenvalue weighted by atomic mass is 127. The third kappa shape index (κ3) is 6.25. The van der Waals surface area contributed by atoms with Gasteiger partial charge in [-0.2, -0.15) is 0 Å². The first kappa shape index (κ1) is 22.3. The lowest BCUT2D eigenvalue weighted by Gasteiger charge is -2.20. The molecule has 1 saturated heterocycles. The van der Waals surface area contributed by atoms with E-state index in [4.69, 9.17) is 4.99 Å². The molecule has 6 nitrogen and oxygen atoms in total. The first-order valence-electron chi connectivity index (χ1n) is 9.64. The number of nitrogens with one attached hydrogen (secondary N) is 2. The highest BCUT2D eigenvalue weighted by Crippen LogP contribution is 2.19. The maximum Gasteiger partial charge on any atom is 0.191 e. The van der Waals surface area contributed by atoms with E-state index in [1.807, 2.05) is 37.2 Å². The molecule has 1 aromatic heterocycles. The molecular weight excluding hydrogens is 463 g/mol. The Morgan fingerprint density at radius 1 is 1.18 bits per heavy atom. The molecule has 2 heterocycles. The van der Waals surface area contributed by atoms with Gasteiger partial charge in [-0.3, -0.25) is 0 Å². The smallest absolute Gasteiger partial charge is 0.191 e. The van der Waals surface area contributed by atoms with Crippen molar-refractivity contribution >= 4 is 41.4 Å². The second-order valence-electron chi connectivity index (χ2n) is 6.99. The normalized spacial score (nSPS) is 16.5. The summed E-state index contributed by atoms with van der Waals surface area (Å²) < 4.78 is 0. The number of para-hydroxylation sites is 1. The van der Waals surface area contributed by atoms with Crippen LogP contribution < -0.4 is 20.4 Å². The average Bonchev–Trinajstić information content (AvgIpc) is 3.16. The van der Waals surface area contributed by atoms with Gasteiger partial charge in [-0.15, -0.1) is 24.0 Å². The van der Waals surface area contributed by atoms with E-state index in [0.717, 1.165) is 43.5 Å². The summed E-state index contributed by atoms with van der Waals surface area (Å²) in [5.74, 6) is 1.81. The molecule has 1 aliphatic rings. The van der Waals surface area contributed by atoms with Crippen LogP contribution in [-0.4, -0.2) is 50.7 Å². The topological polar surface area (TPSA) is 55.8 Å². The van der Waals surface area contributed by atoms with Crippen molar-refractivity contribution in [1.29, 1.82) is 0 Å². The Balaban J connectivity index is 0.00000280. The Hall–Kier alpha value is -2.03. The molecule has 2 N–H and O–H groups in total. The molecule has 0 amide bonds. The third-order valence-electron chi connectivity index (χ3n) is 4.64. The summed E-state index contributed by atoms with van der Waals surface area (Å²) in [6, 6.07) is 17.0. The van der Waals surface area contributed by atoms with E-state index in [2.05, 4.69) is 57.8 Å². The molecule has 28 heavy (non-hydrogen) atoms. The number of hydrogen-bond acceptors (Lipinski definition) is 4. The summed E-state index contributed by atoms with van der Waals surface area (Å²) in [4.78, 5) is 13.8. The van der Waals surface area contributed by atoms with Crippen LogP contribution in [0.5, 0.6) is 0 Å². The van der Waals surface area contributed by atoms with Crippen molar-refractivity contribution < 1.29 is 0 Å². The molecule has 0 radical (unpaired) electrons. The highest BCUT2D eigenvalue weighted by molar-refractivity contribution is 14.0. The third-order valence-corrected chi connectivity index (χ3v) is 4.64. The lowest BCUT2D eigenvalue weighted by Crippen LogP contribution is -2.44. The number of aliphatic imine (C=N–C) groups is 1. The zero-order valence-corrected chi connectivity index (χ0v) is 19.3. The van der Waals surface area contributed by atoms with E-state index in [1.165, 1.54) is 5.69 Å². The standard InChI is InChI=1S/C21H30N6.HI/c1-4-22-21(23-15-17-9-8-12-20(24-17)26(2)3)25-18-13-14-27(16-18)19-10-6-5-7-11-19;/h5-12,18H,4,13-16H2,1-3H3,(H2,22,23,25);1H. The van der Waals surface area contributed by atoms with Gasteiger partial charge in [-0.1, -0.05) is 24.3 Å². The van der Waals surface area contributed by atoms with E-state index < -0.39 is 0 Å². The molecule has 1 fully saturated rings. The van der Waals surface area contributed by atoms with Crippen molar-refractivity contribution in [3.8, 4) is 0 Å². The first-order valence-corrected chi connectivity index (χ1v) is 9.64. The van der Waals surface area contributed by atoms with Crippen LogP contribution in [0.1, 0.15) is 19.0 Å². The van der Waals surface area contributed by atoms with Crippen molar-refractivity contribution in [3.05, 3.63) is 54.2 Å². The summed E-state index contributed by atoms with van der Waals surface area (Å²) >= 11 is 0. The van der Waals surface area contributed by atoms with Gasteiger partial charge in [0.15, 0.2) is 5.96 Å². The molecule has 1 unspecified atom stereocenters. The van der Waals surface area contributed by atoms with Crippen molar-refractivity contribution in [2.75, 3.05) is 43.5 Å². The minimum Gasteiger partial charge on any atom is -0.369 e. The molecule has 0 bridgehead atoms. The van der Waals surface area contributed by atoms with Crippen molar-refractivity contribution in [2.24, 2.45) is 4.99 Å². The molecule has 1 aromatic carbocycles. The van der Waals surface area contributed by atoms with Crippen LogP contribution >= 0.6 is 24.0 Å². The molecule has 1 aliphatic heterocycles. The number of nitrogens with zero attached hydrogens (tertiary/aromatic N) is 4. The number of halogens is 1. The molecular formula is C21H31IN6. The van der Waals surface area contributed by atoms with Gasteiger partial charge in [0.1, 0.15) is 5.82 Å². The Kier molecular flexibility index (Phi) is 8.82. The summed E-state index contributed by atoms with van der Waals surface area (Å²) in [5.41, 5.74) is 2.25. The summed E-state index contributed by atoms with van der Waals surface area (Å²) in [7, 11) is 4.00. The van der Waals surface area contributed by atoms with Gasteiger partial charge in [0.05, 0.1) is 12.2 Å². The number of rotatable bonds is 6. The summed E-state index contributed by atoms with van der Waals surface area (Å²) in [6.07, 6.45) is 1.10. The zero-order valence-electron chi connectivity index (χ0n) is 16.9. The van der Waals surface area contributed by atoms with Crippen LogP contribution in [0.15, 0.2) is 53.5 Å². The van der Waals surface area contributed by atoms with Crippen LogP contribution in [0, 0.1) is 0 Å². The maximum atomic E-state index is 4.74. The number of benzene rings is 1. The Labute approximate surface area is 185 Å². The molecule has 0 spiro atoms. The maximum absolute atomic E-state index is 4.74. The fourth-order valence-corrected chi connectivity index (χ4v) is 3.23. The Morgan fingerprint density at radius 2 is 1.96 bits per heavy atom. The van der Waals surface area contributed by atoms with Gasteiger partial charge in [-0.05, 0) is 37.6 Å². The zero-order chi connectivity index (χ0) is 19.1. The highest BCUT2D eigenvalue weighted by Gasteiger charge is 2.23. The number of hydrogen-bond donors (Lipinski definition) is 2. The molecule has 3 rings (SSSR count). The van der Waals surface area contributed by atoms with Crippen LogP contribution in [0.2, 0.25) is 0 Å². The van der Waals surface area contributed by atoms with Crippen molar-refractivity contribution in [2.45, 2.75) is 25.9 Å². The summed E-state index contributed by atoms with van der Waals surface area (Å²) in [5, 5.41) is 6.94. The van der Waals surface area contributed by atoms with Gasteiger partial charge in [0.25, 0.3) is 0 Å². The van der Waals surface area contributed by atoms with Crippen LogP contribution in [0.3, 0.4) is 0 Å². The molecule has 0 saturated carbocycles. The number of anilines is 2. The Bertz CT molecular complexity index is 750. The lowest BCUT2D eigenvalue weighted by molar-refractivity contribution is 0.648. The van der Waals surface area contributed by atoms with Gasteiger partial charge in [0, 0.05) is 45.5 Å². The molecule has 1 atom stereocenters. The predicted molar refractivity (Wildman–Crippen MR) is 129 cm³/mol. The van der Waals surface area contributed by atoms with E-state index in [1.54, 1.807) is 0 Å². The van der Waals surface area contributed by atoms with E-state index in [-0.39, 0.29) is 24.0 Å². The largest absolute Gasteiger partial charge is 0.369 e. The second-order valence-corrected chi connectivity index (χ2v) is 6.99. The monoisotopic (exact) mass is 494 g/mol. The average molecular weight is 494 g/mol. The minimum atomic E-state index is 0. The molecule has 152 valence electrons. The number of guanidine groups is 1. The van der Waals surface area contributed by atoms with Gasteiger partial charge in [0.2, 0.25) is 0 Å². The van der Waals surface area contributed by atoms with Gasteiger partial charge in [-0.25, -0.2) is 9.98 Å². The predicted octanol–water partition coefficient (Wildman–Crippen LogP) is 3.10. The minimum absolute atomic E-state index is 0. The molecule has 7 heteroatoms. The molecule has 2 aromatic rings. The van der Waals surface area contributed by atoms with E-state index in [0.29, 0.717) is 12.6 Å². The van der Waals surface area contributed by atoms with Crippen molar-refractivity contribution in [3.63, 3.8) is 0 Å². The SMILES string of the molecule is CCNC(=NCc1cccc(N(C)C)n1)NC1CCN(c2ccccc2)C1.I. The van der Waals surface area contributed by atoms with Crippen LogP contribution in [0.4, 0.5) is 11.5 Å².